The zero-order valence-electron chi connectivity index (χ0n) is 23.4. The van der Waals surface area contributed by atoms with Crippen LogP contribution in [0.2, 0.25) is 0 Å². The Bertz CT molecular complexity index is 1190. The lowest BCUT2D eigenvalue weighted by Gasteiger charge is -2.58. The highest BCUT2D eigenvalue weighted by atomic mass is 16.6. The molecule has 1 aromatic carbocycles. The van der Waals surface area contributed by atoms with Crippen molar-refractivity contribution in [1.82, 2.24) is 5.32 Å². The molecule has 4 aliphatic carbocycles. The van der Waals surface area contributed by atoms with Gasteiger partial charge < -0.3 is 20.4 Å². The molecule has 0 spiro atoms. The first-order valence-electron chi connectivity index (χ1n) is 14.4. The van der Waals surface area contributed by atoms with E-state index in [0.717, 1.165) is 44.1 Å². The van der Waals surface area contributed by atoms with Crippen LogP contribution in [0, 0.1) is 28.6 Å². The van der Waals surface area contributed by atoms with E-state index in [1.54, 1.807) is 0 Å². The van der Waals surface area contributed by atoms with Crippen molar-refractivity contribution in [3.05, 3.63) is 59.7 Å². The number of fused-ring (bicyclic) bond motifs is 5. The zero-order valence-corrected chi connectivity index (χ0v) is 23.4. The Morgan fingerprint density at radius 1 is 1.10 bits per heavy atom. The highest BCUT2D eigenvalue weighted by molar-refractivity contribution is 6.05. The Hall–Kier alpha value is -2.93. The summed E-state index contributed by atoms with van der Waals surface area (Å²) in [4.78, 5) is 29.1. The van der Waals surface area contributed by atoms with Crippen molar-refractivity contribution in [3.63, 3.8) is 0 Å². The summed E-state index contributed by atoms with van der Waals surface area (Å²) in [6.07, 6.45) is 12.7. The third-order valence-corrected chi connectivity index (χ3v) is 10.7. The second-order valence-corrected chi connectivity index (χ2v) is 12.8. The van der Waals surface area contributed by atoms with E-state index in [0.29, 0.717) is 23.5 Å². The van der Waals surface area contributed by atoms with Crippen LogP contribution < -0.4 is 5.32 Å². The van der Waals surface area contributed by atoms with E-state index in [2.05, 4.69) is 36.5 Å². The van der Waals surface area contributed by atoms with Gasteiger partial charge in [0.15, 0.2) is 6.61 Å². The van der Waals surface area contributed by atoms with Gasteiger partial charge in [0.05, 0.1) is 12.0 Å². The fraction of sp³-hybridized carbons (Fsp3) is 0.594. The van der Waals surface area contributed by atoms with Crippen LogP contribution in [0.15, 0.2) is 59.3 Å². The molecule has 210 valence electrons. The maximum Gasteiger partial charge on any atom is 0.304 e. The van der Waals surface area contributed by atoms with Gasteiger partial charge in [-0.2, -0.15) is 0 Å². The van der Waals surface area contributed by atoms with Crippen molar-refractivity contribution in [2.45, 2.75) is 77.2 Å². The van der Waals surface area contributed by atoms with Gasteiger partial charge in [-0.25, -0.2) is 0 Å². The number of allylic oxidation sites excluding steroid dienone is 4. The molecular weight excluding hydrogens is 492 g/mol. The van der Waals surface area contributed by atoms with Gasteiger partial charge in [-0.05, 0) is 86.3 Å². The SMILES string of the molecule is C[C@]12C=CC(=NOCC(=O)NC[C@@H](CC(=O)O)c3ccccc3)C=C1CC[C@@H]1[C@H]2CC[C@@]2(C)[C@H]1CC[C@]2(C)O. The molecular formula is C32H42N2O5. The van der Waals surface area contributed by atoms with Crippen LogP contribution in [-0.4, -0.2) is 46.6 Å². The van der Waals surface area contributed by atoms with Gasteiger partial charge in [0.1, 0.15) is 5.71 Å². The van der Waals surface area contributed by atoms with Crippen LogP contribution in [0.25, 0.3) is 0 Å². The van der Waals surface area contributed by atoms with Crippen molar-refractivity contribution in [2.75, 3.05) is 13.2 Å². The van der Waals surface area contributed by atoms with Crippen LogP contribution in [0.5, 0.6) is 0 Å². The Kier molecular flexibility index (Phi) is 7.49. The fourth-order valence-electron chi connectivity index (χ4n) is 8.21. The average molecular weight is 535 g/mol. The quantitative estimate of drug-likeness (QED) is 0.396. The number of aliphatic hydroxyl groups is 1. The maximum atomic E-state index is 12.4. The number of nitrogens with one attached hydrogen (secondary N) is 1. The van der Waals surface area contributed by atoms with Crippen molar-refractivity contribution in [3.8, 4) is 0 Å². The van der Waals surface area contributed by atoms with E-state index in [-0.39, 0.29) is 42.2 Å². The Morgan fingerprint density at radius 2 is 1.85 bits per heavy atom. The molecule has 39 heavy (non-hydrogen) atoms. The number of oxime groups is 1. The molecule has 0 aromatic heterocycles. The summed E-state index contributed by atoms with van der Waals surface area (Å²) < 4.78 is 0. The van der Waals surface area contributed by atoms with Gasteiger partial charge in [-0.15, -0.1) is 0 Å². The molecule has 0 unspecified atom stereocenters. The van der Waals surface area contributed by atoms with Crippen molar-refractivity contribution >= 4 is 17.6 Å². The molecule has 0 heterocycles. The van der Waals surface area contributed by atoms with Gasteiger partial charge >= 0.3 is 5.97 Å². The van der Waals surface area contributed by atoms with Crippen LogP contribution >= 0.6 is 0 Å². The fourth-order valence-corrected chi connectivity index (χ4v) is 8.21. The summed E-state index contributed by atoms with van der Waals surface area (Å²) >= 11 is 0. The second kappa shape index (κ2) is 10.6. The number of hydrogen-bond acceptors (Lipinski definition) is 5. The minimum Gasteiger partial charge on any atom is -0.481 e. The highest BCUT2D eigenvalue weighted by Crippen LogP contribution is 2.66. The lowest BCUT2D eigenvalue weighted by Crippen LogP contribution is -2.53. The number of hydrogen-bond donors (Lipinski definition) is 3. The van der Waals surface area contributed by atoms with Gasteiger partial charge in [0.25, 0.3) is 5.91 Å². The average Bonchev–Trinajstić information content (AvgIpc) is 3.15. The third-order valence-electron chi connectivity index (χ3n) is 10.7. The summed E-state index contributed by atoms with van der Waals surface area (Å²) in [5.41, 5.74) is 2.41. The van der Waals surface area contributed by atoms with Crippen molar-refractivity contribution in [2.24, 2.45) is 33.7 Å². The van der Waals surface area contributed by atoms with Crippen molar-refractivity contribution < 1.29 is 24.6 Å². The first-order valence-corrected chi connectivity index (χ1v) is 14.4. The molecule has 3 saturated carbocycles. The van der Waals surface area contributed by atoms with E-state index >= 15 is 0 Å². The lowest BCUT2D eigenvalue weighted by atomic mass is 9.47. The molecule has 3 fully saturated rings. The smallest absolute Gasteiger partial charge is 0.304 e. The number of amides is 1. The monoisotopic (exact) mass is 534 g/mol. The van der Waals surface area contributed by atoms with Gasteiger partial charge in [0.2, 0.25) is 0 Å². The molecule has 0 bridgehead atoms. The summed E-state index contributed by atoms with van der Waals surface area (Å²) in [7, 11) is 0. The minimum absolute atomic E-state index is 0.00825. The first-order chi connectivity index (χ1) is 18.5. The van der Waals surface area contributed by atoms with E-state index < -0.39 is 11.6 Å². The molecule has 3 N–H and O–H groups in total. The standard InChI is InChI=1S/C32H42N2O5/c1-30-14-11-24(34-39-20-28(35)33-19-22(17-29(36)37)21-7-5-4-6-8-21)18-23(30)9-10-25-26(30)12-15-31(2)27(25)13-16-32(31,3)38/h4-8,11,14,18,22,25-27,38H,9-10,12-13,15-17,19-20H2,1-3H3,(H,33,35)(H,36,37)/t22-,25-,26-,27+,30+,31+,32+/m1/s1. The summed E-state index contributed by atoms with van der Waals surface area (Å²) in [6.45, 7) is 6.71. The number of aliphatic carboxylic acids is 1. The molecule has 0 radical (unpaired) electrons. The van der Waals surface area contributed by atoms with Crippen LogP contribution in [0.3, 0.4) is 0 Å². The van der Waals surface area contributed by atoms with Crippen molar-refractivity contribution in [1.29, 1.82) is 0 Å². The minimum atomic E-state index is -0.906. The Balaban J connectivity index is 1.17. The maximum absolute atomic E-state index is 12.4. The van der Waals surface area contributed by atoms with Gasteiger partial charge in [-0.3, -0.25) is 9.59 Å². The summed E-state index contributed by atoms with van der Waals surface area (Å²) in [6, 6.07) is 9.34. The van der Waals surface area contributed by atoms with E-state index in [1.807, 2.05) is 43.3 Å². The lowest BCUT2D eigenvalue weighted by molar-refractivity contribution is -0.137. The number of carbonyl (C=O) groups is 2. The predicted molar refractivity (Wildman–Crippen MR) is 150 cm³/mol. The zero-order chi connectivity index (χ0) is 27.8. The topological polar surface area (TPSA) is 108 Å². The summed E-state index contributed by atoms with van der Waals surface area (Å²) in [5.74, 6) is 0.219. The molecule has 4 aliphatic rings. The molecule has 7 atom stereocenters. The number of carboxylic acid groups (broad SMARTS) is 1. The number of carboxylic acids is 1. The molecule has 7 nitrogen and oxygen atoms in total. The molecule has 7 heteroatoms. The number of rotatable bonds is 8. The number of benzene rings is 1. The highest BCUT2D eigenvalue weighted by Gasteiger charge is 2.61. The molecule has 0 saturated heterocycles. The first kappa shape index (κ1) is 27.6. The van der Waals surface area contributed by atoms with E-state index in [4.69, 9.17) is 4.84 Å². The largest absolute Gasteiger partial charge is 0.481 e. The van der Waals surface area contributed by atoms with Crippen LogP contribution in [0.1, 0.15) is 77.2 Å². The third kappa shape index (κ3) is 5.18. The van der Waals surface area contributed by atoms with Gasteiger partial charge in [-0.1, -0.05) is 61.0 Å². The Labute approximate surface area is 231 Å². The molecule has 1 amide bonds. The second-order valence-electron chi connectivity index (χ2n) is 12.8. The molecule has 1 aromatic rings. The van der Waals surface area contributed by atoms with Gasteiger partial charge in [0, 0.05) is 17.9 Å². The van der Waals surface area contributed by atoms with E-state index in [9.17, 15) is 19.8 Å². The molecule has 0 aliphatic heterocycles. The normalized spacial score (nSPS) is 36.8. The van der Waals surface area contributed by atoms with E-state index in [1.165, 1.54) is 5.57 Å². The summed E-state index contributed by atoms with van der Waals surface area (Å²) in [5, 5.41) is 27.4. The van der Waals surface area contributed by atoms with Crippen LogP contribution in [-0.2, 0) is 14.4 Å². The number of nitrogens with zero attached hydrogens (tertiary/aromatic N) is 1. The number of carbonyl (C=O) groups excluding carboxylic acids is 1. The molecule has 5 rings (SSSR count). The van der Waals surface area contributed by atoms with Crippen LogP contribution in [0.4, 0.5) is 0 Å². The Morgan fingerprint density at radius 3 is 2.59 bits per heavy atom. The predicted octanol–water partition coefficient (Wildman–Crippen LogP) is 5.22.